The summed E-state index contributed by atoms with van der Waals surface area (Å²) in [6.45, 7) is 1.58. The fraction of sp³-hybridized carbons (Fsp3) is 0.267. The Morgan fingerprint density at radius 1 is 0.805 bits per heavy atom. The fourth-order valence-electron chi connectivity index (χ4n) is 3.99. The summed E-state index contributed by atoms with van der Waals surface area (Å²) in [6.07, 6.45) is -0.229. The first-order chi connectivity index (χ1) is 20.0. The average molecular weight is 578 g/mol. The second-order valence-corrected chi connectivity index (χ2v) is 9.27. The zero-order valence-corrected chi connectivity index (χ0v) is 23.1. The number of hydrogen-bond acceptors (Lipinski definition) is 8. The number of para-hydroxylation sites is 2. The monoisotopic (exact) mass is 577 g/mol. The molecule has 3 aromatic rings. The highest BCUT2D eigenvalue weighted by molar-refractivity contribution is 7.80. The Balaban J connectivity index is 1.22. The number of nitrogens with one attached hydrogen (secondary N) is 2. The lowest BCUT2D eigenvalue weighted by Gasteiger charge is -2.36. The smallest absolute Gasteiger partial charge is 0.308 e. The van der Waals surface area contributed by atoms with Crippen LogP contribution >= 0.6 is 12.2 Å². The lowest BCUT2D eigenvalue weighted by molar-refractivity contribution is -0.148. The third-order valence-corrected chi connectivity index (χ3v) is 6.35. The van der Waals surface area contributed by atoms with Crippen molar-refractivity contribution < 1.29 is 33.3 Å². The lowest BCUT2D eigenvalue weighted by Crippen LogP contribution is -2.60. The van der Waals surface area contributed by atoms with E-state index >= 15 is 0 Å². The van der Waals surface area contributed by atoms with Crippen molar-refractivity contribution >= 4 is 35.1 Å². The second-order valence-electron chi connectivity index (χ2n) is 8.88. The Hall–Kier alpha value is -4.64. The molecule has 2 N–H and O–H groups in total. The molecule has 1 fully saturated rings. The molecule has 0 aromatic heterocycles. The largest absolute Gasteiger partial charge is 0.490 e. The van der Waals surface area contributed by atoms with Crippen molar-refractivity contribution in [1.82, 2.24) is 15.5 Å². The molecule has 0 radical (unpaired) electrons. The van der Waals surface area contributed by atoms with Gasteiger partial charge >= 0.3 is 5.97 Å². The van der Waals surface area contributed by atoms with Gasteiger partial charge in [0, 0.05) is 18.7 Å². The first kappa shape index (κ1) is 29.3. The van der Waals surface area contributed by atoms with E-state index in [2.05, 4.69) is 10.6 Å². The van der Waals surface area contributed by atoms with E-state index in [0.29, 0.717) is 43.4 Å². The van der Waals surface area contributed by atoms with Crippen LogP contribution in [0, 0.1) is 0 Å². The van der Waals surface area contributed by atoms with Gasteiger partial charge in [0.2, 0.25) is 5.91 Å². The number of piperazine rings is 1. The molecular formula is C30H31N3O7S. The van der Waals surface area contributed by atoms with Gasteiger partial charge in [-0.05, 0) is 60.7 Å². The Morgan fingerprint density at radius 2 is 1.34 bits per heavy atom. The topological polar surface area (TPSA) is 115 Å². The van der Waals surface area contributed by atoms with Crippen molar-refractivity contribution in [3.63, 3.8) is 0 Å². The van der Waals surface area contributed by atoms with Gasteiger partial charge < -0.3 is 29.2 Å². The summed E-state index contributed by atoms with van der Waals surface area (Å²) < 4.78 is 22.0. The van der Waals surface area contributed by atoms with E-state index in [1.807, 2.05) is 48.5 Å². The van der Waals surface area contributed by atoms with Crippen LogP contribution in [0.4, 0.5) is 0 Å². The summed E-state index contributed by atoms with van der Waals surface area (Å²) in [5.74, 6) is 0.618. The molecule has 1 saturated heterocycles. The van der Waals surface area contributed by atoms with Crippen molar-refractivity contribution in [2.24, 2.45) is 0 Å². The average Bonchev–Trinajstić information content (AvgIpc) is 3.00. The number of amides is 2. The van der Waals surface area contributed by atoms with Gasteiger partial charge in [-0.15, -0.1) is 0 Å². The van der Waals surface area contributed by atoms with Crippen molar-refractivity contribution in [2.45, 2.75) is 12.5 Å². The third kappa shape index (κ3) is 9.21. The van der Waals surface area contributed by atoms with Gasteiger partial charge in [0.1, 0.15) is 49.7 Å². The van der Waals surface area contributed by atoms with Gasteiger partial charge in [0.05, 0.1) is 6.42 Å². The standard InChI is InChI=1S/C30H31N3O7S/c34-27(40-20-19-38-24-9-5-2-6-10-24)21-26-29(36)31-15-16-33(26)30(41)32-28(35)22-11-13-25(14-12-22)39-18-17-37-23-7-3-1-4-8-23/h1-14,26H,15-21H2,(H,31,36)(H,32,35,41). The molecule has 0 bridgehead atoms. The maximum absolute atomic E-state index is 12.8. The number of nitrogens with zero attached hydrogens (tertiary/aromatic N) is 1. The SMILES string of the molecule is O=C(CC1C(=O)NCCN1C(=S)NC(=O)c1ccc(OCCOc2ccccc2)cc1)OCCOc1ccccc1. The molecule has 0 saturated carbocycles. The molecule has 0 aliphatic carbocycles. The Kier molecular flexibility index (Phi) is 10.9. The summed E-state index contributed by atoms with van der Waals surface area (Å²) in [7, 11) is 0. The van der Waals surface area contributed by atoms with Crippen molar-refractivity contribution in [3.8, 4) is 17.2 Å². The number of carbonyl (C=O) groups is 3. The predicted molar refractivity (Wildman–Crippen MR) is 155 cm³/mol. The van der Waals surface area contributed by atoms with Crippen LogP contribution in [-0.4, -0.2) is 73.4 Å². The van der Waals surface area contributed by atoms with Crippen LogP contribution < -0.4 is 24.8 Å². The number of rotatable bonds is 12. The zero-order valence-electron chi connectivity index (χ0n) is 22.3. The van der Waals surface area contributed by atoms with Gasteiger partial charge in [-0.1, -0.05) is 36.4 Å². The van der Waals surface area contributed by atoms with Crippen molar-refractivity contribution in [1.29, 1.82) is 0 Å². The van der Waals surface area contributed by atoms with E-state index in [4.69, 9.17) is 31.2 Å². The summed E-state index contributed by atoms with van der Waals surface area (Å²) >= 11 is 5.43. The predicted octanol–water partition coefficient (Wildman–Crippen LogP) is 2.97. The Labute approximate surface area is 243 Å². The van der Waals surface area contributed by atoms with Crippen molar-refractivity contribution in [2.75, 3.05) is 39.5 Å². The van der Waals surface area contributed by atoms with Crippen molar-refractivity contribution in [3.05, 3.63) is 90.5 Å². The van der Waals surface area contributed by atoms with Crippen LogP contribution in [0.15, 0.2) is 84.9 Å². The van der Waals surface area contributed by atoms with E-state index in [0.717, 1.165) is 5.75 Å². The number of ether oxygens (including phenoxy) is 4. The minimum Gasteiger partial charge on any atom is -0.490 e. The van der Waals surface area contributed by atoms with Crippen LogP contribution in [0.2, 0.25) is 0 Å². The van der Waals surface area contributed by atoms with Crippen LogP contribution in [0.5, 0.6) is 17.2 Å². The Morgan fingerprint density at radius 3 is 1.93 bits per heavy atom. The lowest BCUT2D eigenvalue weighted by atomic mass is 10.1. The van der Waals surface area contributed by atoms with E-state index in [-0.39, 0.29) is 30.7 Å². The maximum atomic E-state index is 12.8. The van der Waals surface area contributed by atoms with Gasteiger partial charge in [0.15, 0.2) is 5.11 Å². The Bertz CT molecular complexity index is 1310. The van der Waals surface area contributed by atoms with Gasteiger partial charge in [-0.3, -0.25) is 19.7 Å². The molecule has 0 spiro atoms. The molecule has 3 aromatic carbocycles. The molecule has 1 heterocycles. The summed E-state index contributed by atoms with van der Waals surface area (Å²) in [4.78, 5) is 39.4. The van der Waals surface area contributed by atoms with E-state index in [1.165, 1.54) is 4.90 Å². The summed E-state index contributed by atoms with van der Waals surface area (Å²) in [6, 6.07) is 24.3. The van der Waals surface area contributed by atoms with E-state index in [1.54, 1.807) is 36.4 Å². The van der Waals surface area contributed by atoms with Gasteiger partial charge in [-0.2, -0.15) is 0 Å². The summed E-state index contributed by atoms with van der Waals surface area (Å²) in [5.41, 5.74) is 0.357. The number of carbonyl (C=O) groups excluding carboxylic acids is 3. The van der Waals surface area contributed by atoms with Crippen LogP contribution in [0.25, 0.3) is 0 Å². The van der Waals surface area contributed by atoms with Gasteiger partial charge in [-0.25, -0.2) is 0 Å². The molecule has 4 rings (SSSR count). The first-order valence-electron chi connectivity index (χ1n) is 13.1. The molecule has 41 heavy (non-hydrogen) atoms. The maximum Gasteiger partial charge on any atom is 0.308 e. The fourth-order valence-corrected chi connectivity index (χ4v) is 4.30. The van der Waals surface area contributed by atoms with E-state index < -0.39 is 17.9 Å². The molecule has 1 atom stereocenters. The van der Waals surface area contributed by atoms with E-state index in [9.17, 15) is 14.4 Å². The first-order valence-corrected chi connectivity index (χ1v) is 13.5. The highest BCUT2D eigenvalue weighted by Crippen LogP contribution is 2.15. The normalized spacial score (nSPS) is 14.4. The van der Waals surface area contributed by atoms with Crippen LogP contribution in [-0.2, 0) is 14.3 Å². The molecule has 11 heteroatoms. The number of esters is 1. The highest BCUT2D eigenvalue weighted by atomic mass is 32.1. The second kappa shape index (κ2) is 15.2. The molecule has 214 valence electrons. The third-order valence-electron chi connectivity index (χ3n) is 6.01. The highest BCUT2D eigenvalue weighted by Gasteiger charge is 2.34. The quantitative estimate of drug-likeness (QED) is 0.190. The number of thiocarbonyl (C=S) groups is 1. The minimum atomic E-state index is -0.909. The molecule has 1 aliphatic rings. The zero-order chi connectivity index (χ0) is 28.9. The molecule has 10 nitrogen and oxygen atoms in total. The minimum absolute atomic E-state index is 0.0308. The van der Waals surface area contributed by atoms with Crippen LogP contribution in [0.3, 0.4) is 0 Å². The molecule has 1 aliphatic heterocycles. The number of hydrogen-bond donors (Lipinski definition) is 2. The molecular weight excluding hydrogens is 546 g/mol. The summed E-state index contributed by atoms with van der Waals surface area (Å²) in [5, 5.41) is 5.43. The number of benzene rings is 3. The molecule has 1 unspecified atom stereocenters. The van der Waals surface area contributed by atoms with Crippen LogP contribution in [0.1, 0.15) is 16.8 Å². The van der Waals surface area contributed by atoms with Gasteiger partial charge in [0.25, 0.3) is 5.91 Å². The molecule has 2 amide bonds.